The van der Waals surface area contributed by atoms with E-state index in [4.69, 9.17) is 28.7 Å². The minimum absolute atomic E-state index is 0.802. The molecule has 12 nitrogen and oxygen atoms in total. The Bertz CT molecular complexity index is 556. The zero-order chi connectivity index (χ0) is 19.4. The highest BCUT2D eigenvalue weighted by Crippen LogP contribution is 2.37. The second-order valence-corrected chi connectivity index (χ2v) is 6.31. The Morgan fingerprint density at radius 1 is 0.920 bits per heavy atom. The molecule has 0 aromatic rings. The van der Waals surface area contributed by atoms with Gasteiger partial charge in [-0.3, -0.25) is 18.9 Å². The average molecular weight is 386 g/mol. The Hall–Kier alpha value is -1.56. The maximum absolute atomic E-state index is 11.3. The van der Waals surface area contributed by atoms with Gasteiger partial charge in [0.15, 0.2) is 24.6 Å². The first-order chi connectivity index (χ1) is 11.4. The number of rotatable bonds is 6. The number of carbonyl (C=O) groups excluding carboxylic acids is 3. The first kappa shape index (κ1) is 21.5. The van der Waals surface area contributed by atoms with Gasteiger partial charge in [0.05, 0.1) is 6.61 Å². The largest absolute Gasteiger partial charge is 0.469 e. The van der Waals surface area contributed by atoms with Gasteiger partial charge < -0.3 is 33.8 Å². The number of aliphatic hydroxyl groups is 1. The lowest BCUT2D eigenvalue weighted by Crippen LogP contribution is -2.62. The number of carbonyl (C=O) groups is 3. The smallest absolute Gasteiger partial charge is 0.456 e. The maximum Gasteiger partial charge on any atom is 0.469 e. The van der Waals surface area contributed by atoms with Crippen LogP contribution in [-0.4, -0.2) is 70.1 Å². The summed E-state index contributed by atoms with van der Waals surface area (Å²) in [4.78, 5) is 51.4. The second-order valence-electron chi connectivity index (χ2n) is 5.07. The number of phosphoric acid groups is 1. The monoisotopic (exact) mass is 386 g/mol. The standard InChI is InChI=1S/C12H19O12P/c1-5(13)21-9-8(4-20-25(17,18)19)24-12(16)11(23-7(3)15)10(9)22-6(2)14/h8-12,16H,4H2,1-3H3,(H2,17,18,19)/t8-,9-,10+,11+,12?/m1/s1. The molecule has 0 amide bonds. The molecule has 0 radical (unpaired) electrons. The Kier molecular flexibility index (Phi) is 7.47. The maximum atomic E-state index is 11.3. The van der Waals surface area contributed by atoms with E-state index in [2.05, 4.69) is 4.52 Å². The molecular weight excluding hydrogens is 367 g/mol. The van der Waals surface area contributed by atoms with E-state index in [-0.39, 0.29) is 0 Å². The van der Waals surface area contributed by atoms with E-state index in [1.807, 2.05) is 0 Å². The number of ether oxygens (including phenoxy) is 4. The third kappa shape index (κ3) is 7.06. The molecular formula is C12H19O12P. The Morgan fingerprint density at radius 3 is 1.80 bits per heavy atom. The summed E-state index contributed by atoms with van der Waals surface area (Å²) in [6.45, 7) is 2.28. The molecule has 25 heavy (non-hydrogen) atoms. The molecule has 0 spiro atoms. The molecule has 0 bridgehead atoms. The van der Waals surface area contributed by atoms with Gasteiger partial charge in [0, 0.05) is 20.8 Å². The van der Waals surface area contributed by atoms with Gasteiger partial charge in [-0.25, -0.2) is 4.57 Å². The van der Waals surface area contributed by atoms with Crippen molar-refractivity contribution in [1.82, 2.24) is 0 Å². The van der Waals surface area contributed by atoms with Gasteiger partial charge in [-0.1, -0.05) is 0 Å². The fourth-order valence-electron chi connectivity index (χ4n) is 2.18. The molecule has 144 valence electrons. The molecule has 1 saturated heterocycles. The molecule has 1 fully saturated rings. The molecule has 0 aliphatic carbocycles. The van der Waals surface area contributed by atoms with Crippen LogP contribution in [0.1, 0.15) is 20.8 Å². The fourth-order valence-corrected chi connectivity index (χ4v) is 2.52. The van der Waals surface area contributed by atoms with E-state index >= 15 is 0 Å². The molecule has 0 aromatic carbocycles. The van der Waals surface area contributed by atoms with E-state index < -0.39 is 63.0 Å². The first-order valence-electron chi connectivity index (χ1n) is 6.96. The van der Waals surface area contributed by atoms with E-state index in [0.29, 0.717) is 0 Å². The van der Waals surface area contributed by atoms with Crippen LogP contribution in [0.2, 0.25) is 0 Å². The molecule has 0 aromatic heterocycles. The van der Waals surface area contributed by atoms with Gasteiger partial charge in [0.25, 0.3) is 0 Å². The molecule has 3 N–H and O–H groups in total. The molecule has 1 aliphatic rings. The van der Waals surface area contributed by atoms with Gasteiger partial charge >= 0.3 is 25.7 Å². The summed E-state index contributed by atoms with van der Waals surface area (Å²) in [6, 6.07) is 0. The number of esters is 3. The molecule has 1 aliphatic heterocycles. The molecule has 1 unspecified atom stereocenters. The summed E-state index contributed by atoms with van der Waals surface area (Å²) in [5, 5.41) is 9.97. The lowest BCUT2D eigenvalue weighted by atomic mass is 9.98. The van der Waals surface area contributed by atoms with Gasteiger partial charge in [0.1, 0.15) is 6.10 Å². The van der Waals surface area contributed by atoms with E-state index in [1.165, 1.54) is 0 Å². The van der Waals surface area contributed by atoms with Crippen LogP contribution in [0.25, 0.3) is 0 Å². The summed E-state index contributed by atoms with van der Waals surface area (Å²) in [7, 11) is -4.89. The SMILES string of the molecule is CC(=O)O[C@H]1[C@H](OC(C)=O)[C@@H](COP(=O)(O)O)OC(O)[C@H]1OC(C)=O. The third-order valence-corrected chi connectivity index (χ3v) is 3.41. The van der Waals surface area contributed by atoms with Crippen molar-refractivity contribution in [2.24, 2.45) is 0 Å². The summed E-state index contributed by atoms with van der Waals surface area (Å²) < 4.78 is 35.0. The Balaban J connectivity index is 3.13. The van der Waals surface area contributed by atoms with Crippen molar-refractivity contribution >= 4 is 25.7 Å². The Morgan fingerprint density at radius 2 is 1.36 bits per heavy atom. The zero-order valence-corrected chi connectivity index (χ0v) is 14.5. The third-order valence-electron chi connectivity index (χ3n) is 2.92. The van der Waals surface area contributed by atoms with Gasteiger partial charge in [0.2, 0.25) is 0 Å². The number of hydrogen-bond acceptors (Lipinski definition) is 10. The lowest BCUT2D eigenvalue weighted by molar-refractivity contribution is -0.294. The zero-order valence-electron chi connectivity index (χ0n) is 13.6. The summed E-state index contributed by atoms with van der Waals surface area (Å²) in [6.07, 6.45) is -7.72. The van der Waals surface area contributed by atoms with Crippen LogP contribution >= 0.6 is 7.82 Å². The number of phosphoric ester groups is 1. The van der Waals surface area contributed by atoms with Gasteiger partial charge in [-0.05, 0) is 0 Å². The summed E-state index contributed by atoms with van der Waals surface area (Å²) in [5.41, 5.74) is 0. The van der Waals surface area contributed by atoms with E-state index in [9.17, 15) is 24.1 Å². The van der Waals surface area contributed by atoms with Crippen molar-refractivity contribution in [3.8, 4) is 0 Å². The molecule has 1 heterocycles. The summed E-state index contributed by atoms with van der Waals surface area (Å²) in [5.74, 6) is -2.52. The van der Waals surface area contributed by atoms with Crippen LogP contribution in [0.5, 0.6) is 0 Å². The van der Waals surface area contributed by atoms with Crippen LogP contribution in [0.3, 0.4) is 0 Å². The second kappa shape index (κ2) is 8.70. The van der Waals surface area contributed by atoms with Crippen molar-refractivity contribution in [3.63, 3.8) is 0 Å². The number of hydrogen-bond donors (Lipinski definition) is 3. The molecule has 5 atom stereocenters. The average Bonchev–Trinajstić information content (AvgIpc) is 2.41. The van der Waals surface area contributed by atoms with E-state index in [1.54, 1.807) is 0 Å². The topological polar surface area (TPSA) is 175 Å². The minimum atomic E-state index is -4.89. The van der Waals surface area contributed by atoms with Crippen LogP contribution in [-0.2, 0) is 42.4 Å². The van der Waals surface area contributed by atoms with Gasteiger partial charge in [-0.2, -0.15) is 0 Å². The predicted molar refractivity (Wildman–Crippen MR) is 75.5 cm³/mol. The lowest BCUT2D eigenvalue weighted by Gasteiger charge is -2.42. The normalized spacial score (nSPS) is 29.6. The quantitative estimate of drug-likeness (QED) is 0.277. The fraction of sp³-hybridized carbons (Fsp3) is 0.750. The van der Waals surface area contributed by atoms with Crippen molar-refractivity contribution in [2.75, 3.05) is 6.61 Å². The van der Waals surface area contributed by atoms with Crippen LogP contribution < -0.4 is 0 Å². The van der Waals surface area contributed by atoms with Crippen LogP contribution in [0.15, 0.2) is 0 Å². The first-order valence-corrected chi connectivity index (χ1v) is 8.49. The van der Waals surface area contributed by atoms with Crippen LogP contribution in [0, 0.1) is 0 Å². The van der Waals surface area contributed by atoms with Crippen molar-refractivity contribution in [1.29, 1.82) is 0 Å². The minimum Gasteiger partial charge on any atom is -0.456 e. The Labute approximate surface area is 142 Å². The van der Waals surface area contributed by atoms with Crippen molar-refractivity contribution in [3.05, 3.63) is 0 Å². The highest BCUT2D eigenvalue weighted by Gasteiger charge is 2.51. The molecule has 13 heteroatoms. The number of aliphatic hydroxyl groups excluding tert-OH is 1. The highest BCUT2D eigenvalue weighted by molar-refractivity contribution is 7.46. The van der Waals surface area contributed by atoms with Gasteiger partial charge in [-0.15, -0.1) is 0 Å². The summed E-state index contributed by atoms with van der Waals surface area (Å²) >= 11 is 0. The predicted octanol–water partition coefficient (Wildman–Crippen LogP) is -1.39. The van der Waals surface area contributed by atoms with Crippen molar-refractivity contribution < 1.29 is 57.3 Å². The highest BCUT2D eigenvalue weighted by atomic mass is 31.2. The van der Waals surface area contributed by atoms with Crippen molar-refractivity contribution in [2.45, 2.75) is 51.5 Å². The molecule has 1 rings (SSSR count). The van der Waals surface area contributed by atoms with Crippen LogP contribution in [0.4, 0.5) is 0 Å². The van der Waals surface area contributed by atoms with E-state index in [0.717, 1.165) is 20.8 Å². The molecule has 0 saturated carbocycles.